The van der Waals surface area contributed by atoms with Crippen LogP contribution < -0.4 is 10.1 Å². The van der Waals surface area contributed by atoms with Crippen molar-refractivity contribution in [1.29, 1.82) is 0 Å². The number of para-hydroxylation sites is 1. The van der Waals surface area contributed by atoms with Gasteiger partial charge in [0.05, 0.1) is 0 Å². The highest BCUT2D eigenvalue weighted by Gasteiger charge is 2.34. The summed E-state index contributed by atoms with van der Waals surface area (Å²) < 4.78 is 5.79. The van der Waals surface area contributed by atoms with Crippen LogP contribution in [0.3, 0.4) is 0 Å². The molecule has 1 aromatic carbocycles. The number of nitrogens with one attached hydrogen (secondary N) is 1. The van der Waals surface area contributed by atoms with Crippen LogP contribution in [0.2, 0.25) is 0 Å². The van der Waals surface area contributed by atoms with E-state index in [-0.39, 0.29) is 5.54 Å². The molecule has 3 nitrogen and oxygen atoms in total. The Morgan fingerprint density at radius 2 is 1.95 bits per heavy atom. The number of β-amino-alcohol motifs (C(OH)–C–C–N with tert-alkyl or cyclic N) is 1. The molecule has 0 amide bonds. The van der Waals surface area contributed by atoms with Crippen molar-refractivity contribution in [2.75, 3.05) is 13.2 Å². The Hall–Kier alpha value is -1.06. The highest BCUT2D eigenvalue weighted by molar-refractivity contribution is 5.39. The predicted octanol–water partition coefficient (Wildman–Crippen LogP) is 2.97. The van der Waals surface area contributed by atoms with Crippen LogP contribution in [-0.4, -0.2) is 29.9 Å². The molecule has 0 aliphatic heterocycles. The fourth-order valence-electron chi connectivity index (χ4n) is 2.86. The van der Waals surface area contributed by atoms with E-state index in [1.165, 1.54) is 19.3 Å². The molecular formula is C17H27NO2. The highest BCUT2D eigenvalue weighted by Crippen LogP contribution is 2.34. The van der Waals surface area contributed by atoms with Crippen molar-refractivity contribution in [3.63, 3.8) is 0 Å². The Morgan fingerprint density at radius 1 is 1.30 bits per heavy atom. The van der Waals surface area contributed by atoms with E-state index < -0.39 is 6.10 Å². The highest BCUT2D eigenvalue weighted by atomic mass is 16.5. The van der Waals surface area contributed by atoms with Crippen molar-refractivity contribution < 1.29 is 9.84 Å². The Labute approximate surface area is 122 Å². The van der Waals surface area contributed by atoms with Gasteiger partial charge >= 0.3 is 0 Å². The summed E-state index contributed by atoms with van der Waals surface area (Å²) in [5.74, 6) is 0.903. The average Bonchev–Trinajstić information content (AvgIpc) is 2.37. The van der Waals surface area contributed by atoms with Crippen LogP contribution in [0.5, 0.6) is 5.75 Å². The summed E-state index contributed by atoms with van der Waals surface area (Å²) in [4.78, 5) is 0. The number of hydrogen-bond donors (Lipinski definition) is 2. The van der Waals surface area contributed by atoms with Crippen LogP contribution in [0.4, 0.5) is 0 Å². The summed E-state index contributed by atoms with van der Waals surface area (Å²) >= 11 is 0. The maximum Gasteiger partial charge on any atom is 0.125 e. The molecule has 20 heavy (non-hydrogen) atoms. The molecule has 2 rings (SSSR count). The zero-order valence-corrected chi connectivity index (χ0v) is 12.9. The van der Waals surface area contributed by atoms with Crippen LogP contribution >= 0.6 is 0 Å². The van der Waals surface area contributed by atoms with Gasteiger partial charge < -0.3 is 15.2 Å². The molecule has 1 aliphatic carbocycles. The van der Waals surface area contributed by atoms with Gasteiger partial charge in [-0.2, -0.15) is 0 Å². The third-order valence-corrected chi connectivity index (χ3v) is 4.53. The lowest BCUT2D eigenvalue weighted by molar-refractivity contribution is 0.0807. The lowest BCUT2D eigenvalue weighted by atomic mass is 9.75. The van der Waals surface area contributed by atoms with E-state index in [4.69, 9.17) is 4.74 Å². The Bertz CT molecular complexity index is 415. The van der Waals surface area contributed by atoms with E-state index in [1.54, 1.807) is 0 Å². The quantitative estimate of drug-likeness (QED) is 0.805. The van der Waals surface area contributed by atoms with Gasteiger partial charge in [0.15, 0.2) is 0 Å². The second kappa shape index (κ2) is 6.59. The van der Waals surface area contributed by atoms with Crippen LogP contribution in [0.15, 0.2) is 18.2 Å². The Kier molecular flexibility index (Phi) is 5.06. The summed E-state index contributed by atoms with van der Waals surface area (Å²) in [6.45, 7) is 7.24. The van der Waals surface area contributed by atoms with Crippen molar-refractivity contribution in [1.82, 2.24) is 5.32 Å². The first-order valence-corrected chi connectivity index (χ1v) is 7.68. The second-order valence-electron chi connectivity index (χ2n) is 6.05. The lowest BCUT2D eigenvalue weighted by Gasteiger charge is -2.42. The van der Waals surface area contributed by atoms with Crippen LogP contribution in [0.1, 0.15) is 43.7 Å². The average molecular weight is 277 g/mol. The summed E-state index contributed by atoms with van der Waals surface area (Å²) in [5, 5.41) is 13.6. The molecule has 1 unspecified atom stereocenters. The summed E-state index contributed by atoms with van der Waals surface area (Å²) in [6, 6.07) is 6.10. The first-order chi connectivity index (χ1) is 9.56. The van der Waals surface area contributed by atoms with Crippen molar-refractivity contribution in [3.05, 3.63) is 29.3 Å². The van der Waals surface area contributed by atoms with Crippen molar-refractivity contribution in [3.8, 4) is 5.75 Å². The number of benzene rings is 1. The molecule has 1 fully saturated rings. The minimum absolute atomic E-state index is 0.277. The molecule has 3 heteroatoms. The third-order valence-electron chi connectivity index (χ3n) is 4.53. The number of aryl methyl sites for hydroxylation is 2. The van der Waals surface area contributed by atoms with Gasteiger partial charge in [0.2, 0.25) is 0 Å². The number of aliphatic hydroxyl groups excluding tert-OH is 1. The van der Waals surface area contributed by atoms with Crippen molar-refractivity contribution >= 4 is 0 Å². The molecule has 0 radical (unpaired) electrons. The van der Waals surface area contributed by atoms with Gasteiger partial charge in [0.1, 0.15) is 18.5 Å². The second-order valence-corrected chi connectivity index (χ2v) is 6.05. The minimum atomic E-state index is -0.460. The minimum Gasteiger partial charge on any atom is -0.490 e. The van der Waals surface area contributed by atoms with Gasteiger partial charge in [0, 0.05) is 12.1 Å². The molecule has 2 N–H and O–H groups in total. The molecule has 112 valence electrons. The van der Waals surface area contributed by atoms with E-state index in [2.05, 4.69) is 12.2 Å². The van der Waals surface area contributed by atoms with E-state index in [0.29, 0.717) is 13.2 Å². The third kappa shape index (κ3) is 3.53. The van der Waals surface area contributed by atoms with Gasteiger partial charge in [-0.3, -0.25) is 0 Å². The smallest absolute Gasteiger partial charge is 0.125 e. The molecule has 1 saturated carbocycles. The maximum atomic E-state index is 10.1. The van der Waals surface area contributed by atoms with Gasteiger partial charge in [-0.15, -0.1) is 0 Å². The van der Waals surface area contributed by atoms with Gasteiger partial charge in [-0.1, -0.05) is 25.1 Å². The maximum absolute atomic E-state index is 10.1. The van der Waals surface area contributed by atoms with Gasteiger partial charge in [-0.25, -0.2) is 0 Å². The predicted molar refractivity (Wildman–Crippen MR) is 82.3 cm³/mol. The number of rotatable bonds is 7. The molecule has 0 aromatic heterocycles. The number of ether oxygens (including phenoxy) is 1. The molecule has 0 spiro atoms. The number of aliphatic hydroxyl groups is 1. The summed E-state index contributed by atoms with van der Waals surface area (Å²) in [7, 11) is 0. The fourth-order valence-corrected chi connectivity index (χ4v) is 2.86. The summed E-state index contributed by atoms with van der Waals surface area (Å²) in [5.41, 5.74) is 2.52. The molecule has 0 bridgehead atoms. The first-order valence-electron chi connectivity index (χ1n) is 7.68. The topological polar surface area (TPSA) is 41.5 Å². The SMILES string of the molecule is CCC1(NCC(O)COc2c(C)cccc2C)CCC1. The van der Waals surface area contributed by atoms with Gasteiger partial charge in [0.25, 0.3) is 0 Å². The van der Waals surface area contributed by atoms with Gasteiger partial charge in [-0.05, 0) is 50.7 Å². The number of hydrogen-bond acceptors (Lipinski definition) is 3. The van der Waals surface area contributed by atoms with Crippen molar-refractivity contribution in [2.24, 2.45) is 0 Å². The molecule has 1 aromatic rings. The zero-order chi connectivity index (χ0) is 14.6. The van der Waals surface area contributed by atoms with E-state index in [9.17, 15) is 5.11 Å². The van der Waals surface area contributed by atoms with Crippen LogP contribution in [-0.2, 0) is 0 Å². The molecule has 1 atom stereocenters. The molecular weight excluding hydrogens is 250 g/mol. The zero-order valence-electron chi connectivity index (χ0n) is 12.9. The normalized spacial score (nSPS) is 18.4. The van der Waals surface area contributed by atoms with E-state index in [1.807, 2.05) is 32.0 Å². The monoisotopic (exact) mass is 277 g/mol. The molecule has 0 heterocycles. The first kappa shape index (κ1) is 15.3. The van der Waals surface area contributed by atoms with E-state index in [0.717, 1.165) is 23.3 Å². The fraction of sp³-hybridized carbons (Fsp3) is 0.647. The Morgan fingerprint density at radius 3 is 2.45 bits per heavy atom. The lowest BCUT2D eigenvalue weighted by Crippen LogP contribution is -2.53. The van der Waals surface area contributed by atoms with E-state index >= 15 is 0 Å². The van der Waals surface area contributed by atoms with Crippen molar-refractivity contribution in [2.45, 2.75) is 58.1 Å². The van der Waals surface area contributed by atoms with Crippen LogP contribution in [0, 0.1) is 13.8 Å². The standard InChI is InChI=1S/C17H27NO2/c1-4-17(9-6-10-17)18-11-15(19)12-20-16-13(2)7-5-8-14(16)3/h5,7-8,15,18-19H,4,6,9-12H2,1-3H3. The summed E-state index contributed by atoms with van der Waals surface area (Å²) in [6.07, 6.45) is 4.44. The van der Waals surface area contributed by atoms with Crippen LogP contribution in [0.25, 0.3) is 0 Å². The molecule has 1 aliphatic rings. The Balaban J connectivity index is 1.79. The largest absolute Gasteiger partial charge is 0.490 e. The molecule has 0 saturated heterocycles.